The number of nitrogen functional groups attached to an aromatic ring is 1. The SMILES string of the molecule is Nc1cc2oc(=O)[nH]c2cc1NC1CCC(=O)NC1=O. The molecule has 8 heteroatoms. The normalized spacial score (nSPS) is 19.1. The molecule has 3 rings (SSSR count). The molecule has 2 aromatic rings. The van der Waals surface area contributed by atoms with E-state index in [1.165, 1.54) is 6.07 Å². The van der Waals surface area contributed by atoms with E-state index in [9.17, 15) is 14.4 Å². The number of H-pyrrole nitrogens is 1. The van der Waals surface area contributed by atoms with Crippen molar-refractivity contribution in [2.24, 2.45) is 0 Å². The van der Waals surface area contributed by atoms with Crippen molar-refractivity contribution >= 4 is 34.3 Å². The minimum Gasteiger partial charge on any atom is -0.408 e. The maximum Gasteiger partial charge on any atom is 0.417 e. The third kappa shape index (κ3) is 2.11. The molecule has 1 unspecified atom stereocenters. The van der Waals surface area contributed by atoms with Gasteiger partial charge < -0.3 is 15.5 Å². The largest absolute Gasteiger partial charge is 0.417 e. The first-order chi connectivity index (χ1) is 9.52. The third-order valence-electron chi connectivity index (χ3n) is 3.16. The number of rotatable bonds is 2. The van der Waals surface area contributed by atoms with Gasteiger partial charge in [-0.3, -0.25) is 19.9 Å². The van der Waals surface area contributed by atoms with Crippen molar-refractivity contribution in [3.05, 3.63) is 22.7 Å². The number of amides is 2. The number of oxazole rings is 1. The standard InChI is InChI=1S/C12H12N4O4/c13-5-3-9-8(15-12(19)20-9)4-7(5)14-6-1-2-10(17)16-11(6)18/h3-4,6,14H,1-2,13H2,(H,15,19)(H,16,17,18). The predicted molar refractivity (Wildman–Crippen MR) is 71.0 cm³/mol. The van der Waals surface area contributed by atoms with Crippen molar-refractivity contribution in [2.45, 2.75) is 18.9 Å². The Hall–Kier alpha value is -2.77. The summed E-state index contributed by atoms with van der Waals surface area (Å²) in [5.74, 6) is -1.24. The van der Waals surface area contributed by atoms with Crippen LogP contribution >= 0.6 is 0 Å². The smallest absolute Gasteiger partial charge is 0.408 e. The fourth-order valence-corrected chi connectivity index (χ4v) is 2.16. The molecule has 0 spiro atoms. The molecule has 0 saturated carbocycles. The van der Waals surface area contributed by atoms with Gasteiger partial charge in [-0.1, -0.05) is 0 Å². The van der Waals surface area contributed by atoms with Gasteiger partial charge in [-0.2, -0.15) is 0 Å². The van der Waals surface area contributed by atoms with E-state index in [0.29, 0.717) is 28.9 Å². The van der Waals surface area contributed by atoms with E-state index < -0.39 is 11.8 Å². The maximum absolute atomic E-state index is 11.7. The summed E-state index contributed by atoms with van der Waals surface area (Å²) in [7, 11) is 0. The molecule has 104 valence electrons. The molecule has 8 nitrogen and oxygen atoms in total. The summed E-state index contributed by atoms with van der Waals surface area (Å²) < 4.78 is 4.89. The Morgan fingerprint density at radius 3 is 2.85 bits per heavy atom. The number of nitrogens with two attached hydrogens (primary N) is 1. The highest BCUT2D eigenvalue weighted by Crippen LogP contribution is 2.26. The number of aromatic amines is 1. The van der Waals surface area contributed by atoms with E-state index in [4.69, 9.17) is 10.2 Å². The van der Waals surface area contributed by atoms with Crippen LogP contribution in [0.5, 0.6) is 0 Å². The Morgan fingerprint density at radius 2 is 2.10 bits per heavy atom. The van der Waals surface area contributed by atoms with E-state index >= 15 is 0 Å². The van der Waals surface area contributed by atoms with Crippen molar-refractivity contribution in [3.8, 4) is 0 Å². The lowest BCUT2D eigenvalue weighted by Crippen LogP contribution is -2.47. The number of nitrogens with one attached hydrogen (secondary N) is 3. The summed E-state index contributed by atoms with van der Waals surface area (Å²) in [6.07, 6.45) is 0.665. The number of carbonyl (C=O) groups excluding carboxylic acids is 2. The predicted octanol–water partition coefficient (Wildman–Crippen LogP) is -0.0796. The van der Waals surface area contributed by atoms with Crippen molar-refractivity contribution in [1.29, 1.82) is 0 Å². The van der Waals surface area contributed by atoms with Crippen LogP contribution in [0, 0.1) is 0 Å². The summed E-state index contributed by atoms with van der Waals surface area (Å²) >= 11 is 0. The summed E-state index contributed by atoms with van der Waals surface area (Å²) in [6, 6.07) is 2.56. The summed E-state index contributed by atoms with van der Waals surface area (Å²) in [6.45, 7) is 0. The van der Waals surface area contributed by atoms with Gasteiger partial charge >= 0.3 is 5.76 Å². The molecule has 0 bridgehead atoms. The van der Waals surface area contributed by atoms with Gasteiger partial charge in [0.1, 0.15) is 6.04 Å². The number of anilines is 2. The Morgan fingerprint density at radius 1 is 1.30 bits per heavy atom. The molecule has 1 aliphatic rings. The number of piperidine rings is 1. The van der Waals surface area contributed by atoms with E-state index in [-0.39, 0.29) is 18.2 Å². The Kier molecular flexibility index (Phi) is 2.70. The number of aromatic nitrogens is 1. The van der Waals surface area contributed by atoms with Crippen LogP contribution in [0.15, 0.2) is 21.3 Å². The van der Waals surface area contributed by atoms with Crippen LogP contribution in [-0.2, 0) is 9.59 Å². The number of carbonyl (C=O) groups is 2. The van der Waals surface area contributed by atoms with Crippen LogP contribution in [0.25, 0.3) is 11.1 Å². The minimum absolute atomic E-state index is 0.272. The molecule has 1 aromatic heterocycles. The quantitative estimate of drug-likeness (QED) is 0.448. The van der Waals surface area contributed by atoms with Gasteiger partial charge in [-0.25, -0.2) is 4.79 Å². The van der Waals surface area contributed by atoms with Crippen LogP contribution in [0.2, 0.25) is 0 Å². The van der Waals surface area contributed by atoms with E-state index in [1.807, 2.05) is 0 Å². The average Bonchev–Trinajstić information content (AvgIpc) is 2.72. The molecule has 20 heavy (non-hydrogen) atoms. The molecule has 1 atom stereocenters. The summed E-state index contributed by atoms with van der Waals surface area (Å²) in [5.41, 5.74) is 7.54. The van der Waals surface area contributed by atoms with Crippen molar-refractivity contribution in [1.82, 2.24) is 10.3 Å². The van der Waals surface area contributed by atoms with Crippen LogP contribution in [-0.4, -0.2) is 22.8 Å². The number of fused-ring (bicyclic) bond motifs is 1. The van der Waals surface area contributed by atoms with Crippen LogP contribution in [0.4, 0.5) is 11.4 Å². The van der Waals surface area contributed by atoms with Gasteiger partial charge in [0.25, 0.3) is 0 Å². The first-order valence-corrected chi connectivity index (χ1v) is 6.05. The lowest BCUT2D eigenvalue weighted by molar-refractivity contribution is -0.133. The van der Waals surface area contributed by atoms with Gasteiger partial charge in [0.2, 0.25) is 11.8 Å². The van der Waals surface area contributed by atoms with Crippen LogP contribution in [0.3, 0.4) is 0 Å². The summed E-state index contributed by atoms with van der Waals surface area (Å²) in [5, 5.41) is 5.22. The first kappa shape index (κ1) is 12.3. The van der Waals surface area contributed by atoms with Gasteiger partial charge in [0.15, 0.2) is 5.58 Å². The Bertz CT molecular complexity index is 760. The molecular weight excluding hydrogens is 264 g/mol. The number of benzene rings is 1. The minimum atomic E-state index is -0.572. The van der Waals surface area contributed by atoms with E-state index in [1.54, 1.807) is 6.07 Å². The lowest BCUT2D eigenvalue weighted by Gasteiger charge is -2.23. The molecule has 1 aromatic carbocycles. The highest BCUT2D eigenvalue weighted by Gasteiger charge is 2.26. The topological polar surface area (TPSA) is 130 Å². The van der Waals surface area contributed by atoms with Crippen molar-refractivity contribution < 1.29 is 14.0 Å². The molecule has 1 saturated heterocycles. The van der Waals surface area contributed by atoms with Crippen molar-refractivity contribution in [3.63, 3.8) is 0 Å². The van der Waals surface area contributed by atoms with Gasteiger partial charge in [0, 0.05) is 12.5 Å². The zero-order valence-corrected chi connectivity index (χ0v) is 10.4. The van der Waals surface area contributed by atoms with Crippen LogP contribution < -0.4 is 22.1 Å². The Balaban J connectivity index is 1.90. The zero-order valence-electron chi connectivity index (χ0n) is 10.4. The molecule has 5 N–H and O–H groups in total. The molecule has 2 amide bonds. The Labute approximate surface area is 112 Å². The lowest BCUT2D eigenvalue weighted by atomic mass is 10.1. The second-order valence-electron chi connectivity index (χ2n) is 4.60. The average molecular weight is 276 g/mol. The van der Waals surface area contributed by atoms with Gasteiger partial charge in [-0.05, 0) is 12.5 Å². The van der Waals surface area contributed by atoms with Crippen molar-refractivity contribution in [2.75, 3.05) is 11.1 Å². The molecule has 2 heterocycles. The van der Waals surface area contributed by atoms with Gasteiger partial charge in [0.05, 0.1) is 16.9 Å². The molecule has 0 radical (unpaired) electrons. The van der Waals surface area contributed by atoms with Crippen LogP contribution in [0.1, 0.15) is 12.8 Å². The number of hydrogen-bond donors (Lipinski definition) is 4. The van der Waals surface area contributed by atoms with E-state index in [0.717, 1.165) is 0 Å². The molecule has 1 fully saturated rings. The molecular formula is C12H12N4O4. The fraction of sp³-hybridized carbons (Fsp3) is 0.250. The maximum atomic E-state index is 11.7. The molecule has 1 aliphatic heterocycles. The number of hydrogen-bond acceptors (Lipinski definition) is 6. The van der Waals surface area contributed by atoms with E-state index in [2.05, 4.69) is 15.6 Å². The second kappa shape index (κ2) is 4.41. The second-order valence-corrected chi connectivity index (χ2v) is 4.60. The zero-order chi connectivity index (χ0) is 14.3. The third-order valence-corrected chi connectivity index (χ3v) is 3.16. The summed E-state index contributed by atoms with van der Waals surface area (Å²) in [4.78, 5) is 36.4. The number of imide groups is 1. The molecule has 0 aliphatic carbocycles. The fourth-order valence-electron chi connectivity index (χ4n) is 2.16. The monoisotopic (exact) mass is 276 g/mol. The van der Waals surface area contributed by atoms with Gasteiger partial charge in [-0.15, -0.1) is 0 Å². The highest BCUT2D eigenvalue weighted by molar-refractivity contribution is 6.02. The highest BCUT2D eigenvalue weighted by atomic mass is 16.4. The first-order valence-electron chi connectivity index (χ1n) is 6.05.